The molecule has 1 amide bonds. The van der Waals surface area contributed by atoms with Gasteiger partial charge in [-0.05, 0) is 77.7 Å². The Labute approximate surface area is 233 Å². The Hall–Kier alpha value is -4.38. The molecule has 1 aliphatic heterocycles. The summed E-state index contributed by atoms with van der Waals surface area (Å²) in [5.74, 6) is 1.31. The largest absolute Gasteiger partial charge is 0.417 e. The van der Waals surface area contributed by atoms with Crippen LogP contribution in [0.25, 0.3) is 11.1 Å². The Morgan fingerprint density at radius 1 is 1.03 bits per heavy atom. The number of nitriles is 1. The summed E-state index contributed by atoms with van der Waals surface area (Å²) in [6.45, 7) is 6.48. The Morgan fingerprint density at radius 2 is 1.82 bits per heavy atom. The van der Waals surface area contributed by atoms with Gasteiger partial charge in [0.15, 0.2) is 0 Å². The minimum absolute atomic E-state index is 0.428. The highest BCUT2D eigenvalue weighted by molar-refractivity contribution is 6.30. The van der Waals surface area contributed by atoms with Crippen molar-refractivity contribution in [3.05, 3.63) is 107 Å². The molecule has 196 valence electrons. The zero-order chi connectivity index (χ0) is 27.2. The molecule has 1 N–H and O–H groups in total. The van der Waals surface area contributed by atoms with Crippen LogP contribution in [-0.2, 0) is 6.54 Å². The summed E-state index contributed by atoms with van der Waals surface area (Å²) < 4.78 is 5.54. The first-order valence-electron chi connectivity index (χ1n) is 12.7. The summed E-state index contributed by atoms with van der Waals surface area (Å²) in [4.78, 5) is 21.8. The van der Waals surface area contributed by atoms with Crippen molar-refractivity contribution < 1.29 is 9.53 Å². The van der Waals surface area contributed by atoms with Crippen LogP contribution in [0.2, 0.25) is 5.02 Å². The average molecular weight is 538 g/mol. The normalized spacial score (nSPS) is 13.5. The van der Waals surface area contributed by atoms with Gasteiger partial charge in [0.1, 0.15) is 11.6 Å². The molecule has 0 radical (unpaired) electrons. The zero-order valence-electron chi connectivity index (χ0n) is 21.6. The number of hydrogen-bond acceptors (Lipinski definition) is 6. The van der Waals surface area contributed by atoms with Gasteiger partial charge in [-0.1, -0.05) is 41.9 Å². The lowest BCUT2D eigenvalue weighted by Gasteiger charge is -2.35. The van der Waals surface area contributed by atoms with Crippen molar-refractivity contribution in [3.63, 3.8) is 0 Å². The Kier molecular flexibility index (Phi) is 8.07. The molecule has 0 atom stereocenters. The maximum absolute atomic E-state index is 12.6. The lowest BCUT2D eigenvalue weighted by molar-refractivity contribution is 0.215. The van der Waals surface area contributed by atoms with Gasteiger partial charge in [-0.15, -0.1) is 0 Å². The summed E-state index contributed by atoms with van der Waals surface area (Å²) in [5, 5.41) is 12.5. The van der Waals surface area contributed by atoms with Crippen molar-refractivity contribution in [1.82, 2.24) is 9.88 Å². The number of aryl methyl sites for hydroxylation is 1. The van der Waals surface area contributed by atoms with Gasteiger partial charge < -0.3 is 9.64 Å². The lowest BCUT2D eigenvalue weighted by Crippen LogP contribution is -2.46. The van der Waals surface area contributed by atoms with E-state index >= 15 is 0 Å². The smallest absolute Gasteiger partial charge is 0.410 e. The number of halogens is 1. The number of pyridine rings is 1. The molecule has 39 heavy (non-hydrogen) atoms. The molecule has 8 heteroatoms. The molecule has 2 heterocycles. The van der Waals surface area contributed by atoms with Gasteiger partial charge in [0.25, 0.3) is 0 Å². The molecular formula is C31H28ClN5O2. The zero-order valence-corrected chi connectivity index (χ0v) is 22.4. The van der Waals surface area contributed by atoms with Gasteiger partial charge in [0.2, 0.25) is 0 Å². The van der Waals surface area contributed by atoms with Crippen molar-refractivity contribution in [3.8, 4) is 22.9 Å². The van der Waals surface area contributed by atoms with E-state index in [9.17, 15) is 4.79 Å². The Bertz CT molecular complexity index is 1490. The standard InChI is InChI=1S/C31H28ClN5O2/c1-22-5-11-28(18-29(22)25-8-6-23(19-33)7-9-25)39-31(38)35-27-10-12-30(34-20-27)37-15-13-36(14-16-37)21-24-3-2-4-26(32)17-24/h2-12,17-18,20H,13-16,21H2,1H3,(H,35,38). The van der Waals surface area contributed by atoms with Gasteiger partial charge in [0.05, 0.1) is 23.5 Å². The van der Waals surface area contributed by atoms with Crippen LogP contribution in [0.5, 0.6) is 5.75 Å². The number of benzene rings is 3. The van der Waals surface area contributed by atoms with Crippen LogP contribution in [0.4, 0.5) is 16.3 Å². The second-order valence-corrected chi connectivity index (χ2v) is 9.92. The second-order valence-electron chi connectivity index (χ2n) is 9.48. The molecule has 7 nitrogen and oxygen atoms in total. The molecule has 3 aromatic carbocycles. The minimum Gasteiger partial charge on any atom is -0.410 e. The van der Waals surface area contributed by atoms with E-state index in [0.29, 0.717) is 17.0 Å². The summed E-state index contributed by atoms with van der Waals surface area (Å²) in [7, 11) is 0. The monoisotopic (exact) mass is 537 g/mol. The van der Waals surface area contributed by atoms with Crippen LogP contribution in [0.1, 0.15) is 16.7 Å². The molecule has 1 saturated heterocycles. The third-order valence-corrected chi connectivity index (χ3v) is 6.97. The predicted molar refractivity (Wildman–Crippen MR) is 154 cm³/mol. The highest BCUT2D eigenvalue weighted by Crippen LogP contribution is 2.28. The fraction of sp³-hybridized carbons (Fsp3) is 0.194. The fourth-order valence-electron chi connectivity index (χ4n) is 4.63. The fourth-order valence-corrected chi connectivity index (χ4v) is 4.84. The number of anilines is 2. The maximum Gasteiger partial charge on any atom is 0.417 e. The highest BCUT2D eigenvalue weighted by Gasteiger charge is 2.18. The van der Waals surface area contributed by atoms with Crippen molar-refractivity contribution >= 4 is 29.2 Å². The van der Waals surface area contributed by atoms with Crippen LogP contribution in [0, 0.1) is 18.3 Å². The topological polar surface area (TPSA) is 81.5 Å². The first kappa shape index (κ1) is 26.2. The van der Waals surface area contributed by atoms with Crippen LogP contribution in [0.15, 0.2) is 85.1 Å². The third-order valence-electron chi connectivity index (χ3n) is 6.73. The van der Waals surface area contributed by atoms with E-state index in [0.717, 1.165) is 60.3 Å². The Morgan fingerprint density at radius 3 is 2.51 bits per heavy atom. The van der Waals surface area contributed by atoms with Crippen LogP contribution in [0.3, 0.4) is 0 Å². The van der Waals surface area contributed by atoms with E-state index in [2.05, 4.69) is 32.2 Å². The van der Waals surface area contributed by atoms with Gasteiger partial charge in [-0.3, -0.25) is 10.2 Å². The molecule has 1 aromatic heterocycles. The highest BCUT2D eigenvalue weighted by atomic mass is 35.5. The molecule has 0 aliphatic carbocycles. The average Bonchev–Trinajstić information content (AvgIpc) is 2.95. The quantitative estimate of drug-likeness (QED) is 0.302. The summed E-state index contributed by atoms with van der Waals surface area (Å²) in [5.41, 5.74) is 5.29. The summed E-state index contributed by atoms with van der Waals surface area (Å²) in [6.07, 6.45) is 1.06. The van der Waals surface area contributed by atoms with Gasteiger partial charge in [0, 0.05) is 37.7 Å². The molecule has 0 bridgehead atoms. The summed E-state index contributed by atoms with van der Waals surface area (Å²) in [6, 6.07) is 26.7. The molecule has 1 fully saturated rings. The number of rotatable bonds is 6. The summed E-state index contributed by atoms with van der Waals surface area (Å²) >= 11 is 6.12. The first-order chi connectivity index (χ1) is 19.0. The molecule has 0 unspecified atom stereocenters. The first-order valence-corrected chi connectivity index (χ1v) is 13.1. The van der Waals surface area contributed by atoms with Crippen molar-refractivity contribution in [2.45, 2.75) is 13.5 Å². The van der Waals surface area contributed by atoms with Crippen LogP contribution >= 0.6 is 11.6 Å². The minimum atomic E-state index is -0.589. The van der Waals surface area contributed by atoms with Crippen LogP contribution in [-0.4, -0.2) is 42.2 Å². The Balaban J connectivity index is 1.14. The van der Waals surface area contributed by atoms with E-state index in [1.165, 1.54) is 5.56 Å². The second kappa shape index (κ2) is 12.0. The maximum atomic E-state index is 12.6. The van der Waals surface area contributed by atoms with E-state index < -0.39 is 6.09 Å². The van der Waals surface area contributed by atoms with Crippen molar-refractivity contribution in [2.75, 3.05) is 36.4 Å². The van der Waals surface area contributed by atoms with Gasteiger partial charge in [-0.25, -0.2) is 9.78 Å². The molecule has 5 rings (SSSR count). The van der Waals surface area contributed by atoms with Crippen molar-refractivity contribution in [2.24, 2.45) is 0 Å². The molecule has 0 saturated carbocycles. The number of nitrogens with one attached hydrogen (secondary N) is 1. The van der Waals surface area contributed by atoms with Crippen LogP contribution < -0.4 is 15.0 Å². The lowest BCUT2D eigenvalue weighted by atomic mass is 9.99. The third kappa shape index (κ3) is 6.74. The van der Waals surface area contributed by atoms with E-state index in [1.807, 2.05) is 61.5 Å². The number of amides is 1. The number of hydrogen-bond donors (Lipinski definition) is 1. The van der Waals surface area contributed by atoms with E-state index in [-0.39, 0.29) is 0 Å². The number of aromatic nitrogens is 1. The molecule has 4 aromatic rings. The number of carbonyl (C=O) groups is 1. The predicted octanol–water partition coefficient (Wildman–Crippen LogP) is 6.52. The van der Waals surface area contributed by atoms with E-state index in [1.54, 1.807) is 24.4 Å². The molecular weight excluding hydrogens is 510 g/mol. The number of nitrogens with zero attached hydrogens (tertiary/aromatic N) is 4. The van der Waals surface area contributed by atoms with E-state index in [4.69, 9.17) is 21.6 Å². The van der Waals surface area contributed by atoms with Gasteiger partial charge >= 0.3 is 6.09 Å². The molecule has 0 spiro atoms. The molecule has 1 aliphatic rings. The van der Waals surface area contributed by atoms with Gasteiger partial charge in [-0.2, -0.15) is 5.26 Å². The number of piperazine rings is 1. The number of carbonyl (C=O) groups excluding carboxylic acids is 1. The number of ether oxygens (including phenoxy) is 1. The van der Waals surface area contributed by atoms with Crippen molar-refractivity contribution in [1.29, 1.82) is 5.26 Å². The SMILES string of the molecule is Cc1ccc(OC(=O)Nc2ccc(N3CCN(Cc4cccc(Cl)c4)CC3)nc2)cc1-c1ccc(C#N)cc1.